The zero-order chi connectivity index (χ0) is 14.1. The van der Waals surface area contributed by atoms with Crippen LogP contribution in [0.1, 0.15) is 52.9 Å². The van der Waals surface area contributed by atoms with E-state index in [9.17, 15) is 5.11 Å². The first kappa shape index (κ1) is 20.0. The molecule has 1 aliphatic carbocycles. The Bertz CT molecular complexity index is 272. The van der Waals surface area contributed by atoms with Crippen LogP contribution in [0.25, 0.3) is 0 Å². The van der Waals surface area contributed by atoms with Gasteiger partial charge in [-0.25, -0.2) is 0 Å². The molecular formula is C15H32IN3O. The van der Waals surface area contributed by atoms with Crippen molar-refractivity contribution in [1.82, 2.24) is 10.6 Å². The maximum atomic E-state index is 9.80. The fourth-order valence-corrected chi connectivity index (χ4v) is 2.50. The SMILES string of the molecule is CCNC(=NCC1CCCC1O)NCCCC(C)C.I. The molecule has 0 heterocycles. The van der Waals surface area contributed by atoms with Crippen molar-refractivity contribution in [3.05, 3.63) is 0 Å². The van der Waals surface area contributed by atoms with Crippen LogP contribution in [0, 0.1) is 11.8 Å². The van der Waals surface area contributed by atoms with Gasteiger partial charge in [0, 0.05) is 25.6 Å². The molecule has 0 aromatic rings. The summed E-state index contributed by atoms with van der Waals surface area (Å²) in [7, 11) is 0. The van der Waals surface area contributed by atoms with E-state index in [1.54, 1.807) is 0 Å². The molecule has 0 aromatic heterocycles. The lowest BCUT2D eigenvalue weighted by molar-refractivity contribution is 0.136. The van der Waals surface area contributed by atoms with Gasteiger partial charge in [0.2, 0.25) is 0 Å². The van der Waals surface area contributed by atoms with Crippen molar-refractivity contribution in [2.75, 3.05) is 19.6 Å². The summed E-state index contributed by atoms with van der Waals surface area (Å²) >= 11 is 0. The number of hydrogen-bond acceptors (Lipinski definition) is 2. The first-order valence-corrected chi connectivity index (χ1v) is 7.83. The predicted octanol–water partition coefficient (Wildman–Crippen LogP) is 2.76. The molecule has 20 heavy (non-hydrogen) atoms. The molecule has 5 heteroatoms. The van der Waals surface area contributed by atoms with Crippen LogP contribution in [-0.2, 0) is 0 Å². The summed E-state index contributed by atoms with van der Waals surface area (Å²) in [6.07, 6.45) is 5.46. The molecule has 1 aliphatic rings. The quantitative estimate of drug-likeness (QED) is 0.268. The molecule has 120 valence electrons. The largest absolute Gasteiger partial charge is 0.393 e. The van der Waals surface area contributed by atoms with E-state index < -0.39 is 0 Å². The molecular weight excluding hydrogens is 365 g/mol. The highest BCUT2D eigenvalue weighted by atomic mass is 127. The van der Waals surface area contributed by atoms with Crippen LogP contribution >= 0.6 is 24.0 Å². The summed E-state index contributed by atoms with van der Waals surface area (Å²) in [5, 5.41) is 16.4. The molecule has 0 aromatic carbocycles. The highest BCUT2D eigenvalue weighted by molar-refractivity contribution is 14.0. The second-order valence-electron chi connectivity index (χ2n) is 5.94. The average Bonchev–Trinajstić information content (AvgIpc) is 2.77. The number of hydrogen-bond donors (Lipinski definition) is 3. The first-order valence-electron chi connectivity index (χ1n) is 7.83. The second kappa shape index (κ2) is 11.6. The van der Waals surface area contributed by atoms with Crippen molar-refractivity contribution in [3.63, 3.8) is 0 Å². The van der Waals surface area contributed by atoms with Gasteiger partial charge in [0.25, 0.3) is 0 Å². The van der Waals surface area contributed by atoms with Crippen LogP contribution in [0.4, 0.5) is 0 Å². The van der Waals surface area contributed by atoms with E-state index in [1.807, 2.05) is 0 Å². The number of nitrogens with zero attached hydrogens (tertiary/aromatic N) is 1. The minimum absolute atomic E-state index is 0. The summed E-state index contributed by atoms with van der Waals surface area (Å²) in [6.45, 7) is 9.17. The third-order valence-electron chi connectivity index (χ3n) is 3.70. The van der Waals surface area contributed by atoms with Gasteiger partial charge >= 0.3 is 0 Å². The third-order valence-corrected chi connectivity index (χ3v) is 3.70. The highest BCUT2D eigenvalue weighted by Crippen LogP contribution is 2.25. The molecule has 2 atom stereocenters. The molecule has 0 amide bonds. The molecule has 0 bridgehead atoms. The van der Waals surface area contributed by atoms with Crippen molar-refractivity contribution in [1.29, 1.82) is 0 Å². The summed E-state index contributed by atoms with van der Waals surface area (Å²) in [5.41, 5.74) is 0. The molecule has 0 radical (unpaired) electrons. The van der Waals surface area contributed by atoms with Crippen LogP contribution in [0.5, 0.6) is 0 Å². The molecule has 0 spiro atoms. The Kier molecular flexibility index (Phi) is 11.6. The number of aliphatic hydroxyl groups is 1. The first-order chi connectivity index (χ1) is 9.13. The maximum absolute atomic E-state index is 9.80. The van der Waals surface area contributed by atoms with E-state index in [-0.39, 0.29) is 30.1 Å². The zero-order valence-electron chi connectivity index (χ0n) is 13.2. The Labute approximate surface area is 141 Å². The summed E-state index contributed by atoms with van der Waals surface area (Å²) in [4.78, 5) is 4.60. The molecule has 1 saturated carbocycles. The van der Waals surface area contributed by atoms with E-state index in [0.29, 0.717) is 5.92 Å². The van der Waals surface area contributed by atoms with Gasteiger partial charge in [-0.15, -0.1) is 24.0 Å². The standard InChI is InChI=1S/C15H31N3O.HI/c1-4-16-15(17-10-6-7-12(2)3)18-11-13-8-5-9-14(13)19;/h12-14,19H,4-11H2,1-3H3,(H2,16,17,18);1H. The van der Waals surface area contributed by atoms with Gasteiger partial charge in [-0.2, -0.15) is 0 Å². The van der Waals surface area contributed by atoms with Gasteiger partial charge < -0.3 is 15.7 Å². The Morgan fingerprint density at radius 2 is 2.05 bits per heavy atom. The van der Waals surface area contributed by atoms with Crippen LogP contribution in [0.15, 0.2) is 4.99 Å². The fraction of sp³-hybridized carbons (Fsp3) is 0.933. The average molecular weight is 397 g/mol. The highest BCUT2D eigenvalue weighted by Gasteiger charge is 2.24. The summed E-state index contributed by atoms with van der Waals surface area (Å²) < 4.78 is 0. The Hall–Kier alpha value is -0.0400. The number of aliphatic imine (C=N–C) groups is 1. The van der Waals surface area contributed by atoms with Gasteiger partial charge in [-0.05, 0) is 38.5 Å². The monoisotopic (exact) mass is 397 g/mol. The number of rotatable bonds is 7. The topological polar surface area (TPSA) is 56.7 Å². The van der Waals surface area contributed by atoms with Crippen LogP contribution < -0.4 is 10.6 Å². The van der Waals surface area contributed by atoms with Crippen LogP contribution in [0.3, 0.4) is 0 Å². The van der Waals surface area contributed by atoms with E-state index >= 15 is 0 Å². The van der Waals surface area contributed by atoms with Gasteiger partial charge in [0.15, 0.2) is 5.96 Å². The smallest absolute Gasteiger partial charge is 0.191 e. The maximum Gasteiger partial charge on any atom is 0.191 e. The Morgan fingerprint density at radius 1 is 1.30 bits per heavy atom. The lowest BCUT2D eigenvalue weighted by atomic mass is 10.1. The summed E-state index contributed by atoms with van der Waals surface area (Å²) in [6, 6.07) is 0. The van der Waals surface area contributed by atoms with Gasteiger partial charge in [0.05, 0.1) is 6.10 Å². The molecule has 0 saturated heterocycles. The van der Waals surface area contributed by atoms with E-state index in [0.717, 1.165) is 50.8 Å². The lowest BCUT2D eigenvalue weighted by Crippen LogP contribution is -2.38. The molecule has 4 nitrogen and oxygen atoms in total. The molecule has 3 N–H and O–H groups in total. The number of nitrogens with one attached hydrogen (secondary N) is 2. The Morgan fingerprint density at radius 3 is 2.60 bits per heavy atom. The number of halogens is 1. The molecule has 2 unspecified atom stereocenters. The van der Waals surface area contributed by atoms with Crippen molar-refractivity contribution in [2.45, 2.75) is 59.0 Å². The van der Waals surface area contributed by atoms with Crippen LogP contribution in [-0.4, -0.2) is 36.8 Å². The van der Waals surface area contributed by atoms with Crippen molar-refractivity contribution >= 4 is 29.9 Å². The summed E-state index contributed by atoms with van der Waals surface area (Å²) in [5.74, 6) is 2.01. The third kappa shape index (κ3) is 8.29. The minimum atomic E-state index is -0.146. The van der Waals surface area contributed by atoms with E-state index in [2.05, 4.69) is 36.4 Å². The number of guanidine groups is 1. The van der Waals surface area contributed by atoms with E-state index in [1.165, 1.54) is 12.8 Å². The Balaban J connectivity index is 0.00000361. The number of aliphatic hydroxyl groups excluding tert-OH is 1. The van der Waals surface area contributed by atoms with Crippen molar-refractivity contribution in [2.24, 2.45) is 16.8 Å². The van der Waals surface area contributed by atoms with Gasteiger partial charge in [-0.3, -0.25) is 4.99 Å². The second-order valence-corrected chi connectivity index (χ2v) is 5.94. The van der Waals surface area contributed by atoms with Crippen molar-refractivity contribution < 1.29 is 5.11 Å². The normalized spacial score (nSPS) is 22.8. The molecule has 1 fully saturated rings. The van der Waals surface area contributed by atoms with Gasteiger partial charge in [-0.1, -0.05) is 20.3 Å². The molecule has 1 rings (SSSR count). The van der Waals surface area contributed by atoms with E-state index in [4.69, 9.17) is 0 Å². The fourth-order valence-electron chi connectivity index (χ4n) is 2.50. The predicted molar refractivity (Wildman–Crippen MR) is 96.8 cm³/mol. The molecule has 0 aliphatic heterocycles. The van der Waals surface area contributed by atoms with Crippen molar-refractivity contribution in [3.8, 4) is 0 Å². The zero-order valence-corrected chi connectivity index (χ0v) is 15.5. The van der Waals surface area contributed by atoms with Gasteiger partial charge in [0.1, 0.15) is 0 Å². The lowest BCUT2D eigenvalue weighted by Gasteiger charge is -2.15. The minimum Gasteiger partial charge on any atom is -0.393 e. The van der Waals surface area contributed by atoms with Crippen LogP contribution in [0.2, 0.25) is 0 Å².